The van der Waals surface area contributed by atoms with Crippen LogP contribution in [0.1, 0.15) is 45.3 Å². The fourth-order valence-corrected chi connectivity index (χ4v) is 2.93. The summed E-state index contributed by atoms with van der Waals surface area (Å²) < 4.78 is 30.5. The zero-order chi connectivity index (χ0) is 20.2. The SMILES string of the molecule is CCOc1ccccc1OCCNCCCC(OC(C)C)c1ccc(F)cc1. The molecule has 4 nitrogen and oxygen atoms in total. The average molecular weight is 390 g/mol. The third kappa shape index (κ3) is 7.87. The van der Waals surface area contributed by atoms with E-state index in [1.165, 1.54) is 12.1 Å². The minimum Gasteiger partial charge on any atom is -0.490 e. The van der Waals surface area contributed by atoms with Gasteiger partial charge < -0.3 is 19.5 Å². The summed E-state index contributed by atoms with van der Waals surface area (Å²) in [4.78, 5) is 0. The summed E-state index contributed by atoms with van der Waals surface area (Å²) in [6, 6.07) is 14.3. The molecule has 2 rings (SSSR count). The standard InChI is InChI=1S/C23H32FNO3/c1-4-26-22-8-5-6-9-23(22)27-17-16-25-15-7-10-21(28-18(2)3)19-11-13-20(24)14-12-19/h5-6,8-9,11-14,18,21,25H,4,7,10,15-17H2,1-3H3. The van der Waals surface area contributed by atoms with E-state index in [2.05, 4.69) is 5.32 Å². The first-order valence-corrected chi connectivity index (χ1v) is 10.1. The van der Waals surface area contributed by atoms with Crippen molar-refractivity contribution >= 4 is 0 Å². The summed E-state index contributed by atoms with van der Waals surface area (Å²) in [7, 11) is 0. The van der Waals surface area contributed by atoms with Crippen LogP contribution in [0.3, 0.4) is 0 Å². The topological polar surface area (TPSA) is 39.7 Å². The number of para-hydroxylation sites is 2. The summed E-state index contributed by atoms with van der Waals surface area (Å²) >= 11 is 0. The maximum atomic E-state index is 13.2. The maximum Gasteiger partial charge on any atom is 0.161 e. The highest BCUT2D eigenvalue weighted by atomic mass is 19.1. The van der Waals surface area contributed by atoms with E-state index in [1.54, 1.807) is 12.1 Å². The van der Waals surface area contributed by atoms with E-state index < -0.39 is 0 Å². The molecule has 1 atom stereocenters. The molecule has 0 heterocycles. The Bertz CT molecular complexity index is 676. The summed E-state index contributed by atoms with van der Waals surface area (Å²) in [5, 5.41) is 3.39. The predicted molar refractivity (Wildman–Crippen MR) is 111 cm³/mol. The van der Waals surface area contributed by atoms with Gasteiger partial charge in [-0.15, -0.1) is 0 Å². The first kappa shape index (κ1) is 22.2. The fourth-order valence-electron chi connectivity index (χ4n) is 2.93. The van der Waals surface area contributed by atoms with Gasteiger partial charge in [-0.05, 0) is 70.0 Å². The second kappa shape index (κ2) is 12.4. The van der Waals surface area contributed by atoms with Gasteiger partial charge in [-0.2, -0.15) is 0 Å². The maximum absolute atomic E-state index is 13.2. The second-order valence-corrected chi connectivity index (χ2v) is 6.85. The van der Waals surface area contributed by atoms with Crippen LogP contribution in [-0.2, 0) is 4.74 Å². The van der Waals surface area contributed by atoms with Crippen molar-refractivity contribution in [1.82, 2.24) is 5.32 Å². The molecule has 0 aromatic heterocycles. The molecule has 28 heavy (non-hydrogen) atoms. The molecule has 1 unspecified atom stereocenters. The number of halogens is 1. The molecule has 5 heteroatoms. The highest BCUT2D eigenvalue weighted by Gasteiger charge is 2.13. The lowest BCUT2D eigenvalue weighted by molar-refractivity contribution is 0.000689. The zero-order valence-electron chi connectivity index (χ0n) is 17.1. The molecule has 0 amide bonds. The Kier molecular flexibility index (Phi) is 9.80. The number of nitrogens with one attached hydrogen (secondary N) is 1. The summed E-state index contributed by atoms with van der Waals surface area (Å²) in [5.41, 5.74) is 1.02. The van der Waals surface area contributed by atoms with E-state index in [0.29, 0.717) is 13.2 Å². The van der Waals surface area contributed by atoms with Gasteiger partial charge in [-0.25, -0.2) is 4.39 Å². The molecule has 2 aromatic rings. The molecule has 0 aliphatic rings. The van der Waals surface area contributed by atoms with Gasteiger partial charge in [0.15, 0.2) is 11.5 Å². The van der Waals surface area contributed by atoms with Crippen molar-refractivity contribution in [3.05, 3.63) is 59.9 Å². The Balaban J connectivity index is 1.68. The fraction of sp³-hybridized carbons (Fsp3) is 0.478. The zero-order valence-corrected chi connectivity index (χ0v) is 17.1. The third-order valence-corrected chi connectivity index (χ3v) is 4.18. The Morgan fingerprint density at radius 3 is 2.25 bits per heavy atom. The van der Waals surface area contributed by atoms with Crippen LogP contribution in [0.15, 0.2) is 48.5 Å². The largest absolute Gasteiger partial charge is 0.490 e. The molecule has 0 radical (unpaired) electrons. The minimum absolute atomic E-state index is 0.0169. The van der Waals surface area contributed by atoms with Gasteiger partial charge in [0.2, 0.25) is 0 Å². The van der Waals surface area contributed by atoms with Crippen molar-refractivity contribution in [2.45, 2.75) is 45.8 Å². The smallest absolute Gasteiger partial charge is 0.161 e. The van der Waals surface area contributed by atoms with Crippen molar-refractivity contribution in [1.29, 1.82) is 0 Å². The molecule has 0 bridgehead atoms. The molecule has 0 aliphatic carbocycles. The van der Waals surface area contributed by atoms with Crippen LogP contribution < -0.4 is 14.8 Å². The number of ether oxygens (including phenoxy) is 3. The average Bonchev–Trinajstić information content (AvgIpc) is 2.68. The predicted octanol–water partition coefficient (Wildman–Crippen LogP) is 5.14. The van der Waals surface area contributed by atoms with Crippen LogP contribution in [-0.4, -0.2) is 32.4 Å². The quantitative estimate of drug-likeness (QED) is 0.482. The first-order chi connectivity index (χ1) is 13.6. The van der Waals surface area contributed by atoms with Gasteiger partial charge in [0, 0.05) is 6.54 Å². The number of hydrogen-bond acceptors (Lipinski definition) is 4. The lowest BCUT2D eigenvalue weighted by Gasteiger charge is -2.21. The molecule has 0 aliphatic heterocycles. The van der Waals surface area contributed by atoms with Crippen LogP contribution >= 0.6 is 0 Å². The molecule has 0 fully saturated rings. The number of hydrogen-bond donors (Lipinski definition) is 1. The van der Waals surface area contributed by atoms with E-state index in [0.717, 1.165) is 43.0 Å². The summed E-state index contributed by atoms with van der Waals surface area (Å²) in [6.07, 6.45) is 1.95. The molecule has 0 spiro atoms. The molecule has 2 aromatic carbocycles. The van der Waals surface area contributed by atoms with Gasteiger partial charge in [0.05, 0.1) is 18.8 Å². The lowest BCUT2D eigenvalue weighted by atomic mass is 10.0. The monoisotopic (exact) mass is 389 g/mol. The van der Waals surface area contributed by atoms with Crippen molar-refractivity contribution in [2.75, 3.05) is 26.3 Å². The summed E-state index contributed by atoms with van der Waals surface area (Å²) in [5.74, 6) is 1.32. The molecule has 154 valence electrons. The van der Waals surface area contributed by atoms with Crippen LogP contribution in [0.4, 0.5) is 4.39 Å². The van der Waals surface area contributed by atoms with Gasteiger partial charge >= 0.3 is 0 Å². The van der Waals surface area contributed by atoms with Crippen molar-refractivity contribution in [3.63, 3.8) is 0 Å². The molecule has 1 N–H and O–H groups in total. The third-order valence-electron chi connectivity index (χ3n) is 4.18. The summed E-state index contributed by atoms with van der Waals surface area (Å²) in [6.45, 7) is 8.82. The Hall–Kier alpha value is -2.11. The molecule has 0 saturated carbocycles. The van der Waals surface area contributed by atoms with Gasteiger partial charge in [-0.1, -0.05) is 24.3 Å². The second-order valence-electron chi connectivity index (χ2n) is 6.85. The Labute approximate surface area is 168 Å². The minimum atomic E-state index is -0.223. The lowest BCUT2D eigenvalue weighted by Crippen LogP contribution is -2.23. The molecule has 0 saturated heterocycles. The normalized spacial score (nSPS) is 12.2. The first-order valence-electron chi connectivity index (χ1n) is 10.1. The van der Waals surface area contributed by atoms with Crippen molar-refractivity contribution in [2.24, 2.45) is 0 Å². The molecular weight excluding hydrogens is 357 g/mol. The number of rotatable bonds is 13. The van der Waals surface area contributed by atoms with Gasteiger partial charge in [-0.3, -0.25) is 0 Å². The van der Waals surface area contributed by atoms with E-state index in [1.807, 2.05) is 45.0 Å². The van der Waals surface area contributed by atoms with E-state index in [4.69, 9.17) is 14.2 Å². The Morgan fingerprint density at radius 1 is 0.929 bits per heavy atom. The van der Waals surface area contributed by atoms with E-state index in [-0.39, 0.29) is 18.0 Å². The van der Waals surface area contributed by atoms with Crippen molar-refractivity contribution < 1.29 is 18.6 Å². The highest BCUT2D eigenvalue weighted by molar-refractivity contribution is 5.39. The highest BCUT2D eigenvalue weighted by Crippen LogP contribution is 2.26. The van der Waals surface area contributed by atoms with Crippen LogP contribution in [0.2, 0.25) is 0 Å². The van der Waals surface area contributed by atoms with Gasteiger partial charge in [0.1, 0.15) is 12.4 Å². The van der Waals surface area contributed by atoms with E-state index >= 15 is 0 Å². The van der Waals surface area contributed by atoms with Crippen LogP contribution in [0.5, 0.6) is 11.5 Å². The van der Waals surface area contributed by atoms with E-state index in [9.17, 15) is 4.39 Å². The van der Waals surface area contributed by atoms with Crippen LogP contribution in [0, 0.1) is 5.82 Å². The van der Waals surface area contributed by atoms with Crippen molar-refractivity contribution in [3.8, 4) is 11.5 Å². The van der Waals surface area contributed by atoms with Gasteiger partial charge in [0.25, 0.3) is 0 Å². The number of benzene rings is 2. The van der Waals surface area contributed by atoms with Crippen LogP contribution in [0.25, 0.3) is 0 Å². The Morgan fingerprint density at radius 2 is 1.61 bits per heavy atom. The molecular formula is C23H32FNO3.